The topological polar surface area (TPSA) is 75.4 Å². The molecule has 1 aliphatic rings. The fourth-order valence-corrected chi connectivity index (χ4v) is 5.22. The van der Waals surface area contributed by atoms with Crippen LogP contribution >= 0.6 is 0 Å². The van der Waals surface area contributed by atoms with Gasteiger partial charge in [-0.15, -0.1) is 0 Å². The number of aromatic nitrogens is 1. The van der Waals surface area contributed by atoms with E-state index in [1.165, 1.54) is 5.56 Å². The molecule has 0 spiro atoms. The van der Waals surface area contributed by atoms with Crippen LogP contribution in [0.3, 0.4) is 0 Å². The second-order valence-electron chi connectivity index (χ2n) is 9.20. The van der Waals surface area contributed by atoms with Crippen molar-refractivity contribution in [1.29, 1.82) is 0 Å². The minimum absolute atomic E-state index is 0. The number of para-hydroxylation sites is 1. The van der Waals surface area contributed by atoms with Crippen LogP contribution in [0.1, 0.15) is 51.6 Å². The molecule has 5 aromatic rings. The summed E-state index contributed by atoms with van der Waals surface area (Å²) in [5.74, 6) is -0.207. The molecule has 0 amide bonds. The summed E-state index contributed by atoms with van der Waals surface area (Å²) >= 11 is 0. The van der Waals surface area contributed by atoms with Gasteiger partial charge < -0.3 is 19.1 Å². The Morgan fingerprint density at radius 2 is 1.83 bits per heavy atom. The summed E-state index contributed by atoms with van der Waals surface area (Å²) in [6.45, 7) is 3.88. The zero-order valence-electron chi connectivity index (χ0n) is 20.6. The first-order valence-corrected chi connectivity index (χ1v) is 11.9. The Morgan fingerprint density at radius 1 is 1.06 bits per heavy atom. The van der Waals surface area contributed by atoms with Gasteiger partial charge in [0.2, 0.25) is 0 Å². The zero-order valence-corrected chi connectivity index (χ0v) is 22.6. The van der Waals surface area contributed by atoms with Crippen molar-refractivity contribution in [2.75, 3.05) is 0 Å². The van der Waals surface area contributed by atoms with Crippen LogP contribution in [0.25, 0.3) is 33.3 Å². The molecule has 0 saturated carbocycles. The van der Waals surface area contributed by atoms with Crippen molar-refractivity contribution in [2.45, 2.75) is 39.2 Å². The van der Waals surface area contributed by atoms with E-state index in [9.17, 15) is 9.90 Å². The number of pyridine rings is 1. The van der Waals surface area contributed by atoms with Gasteiger partial charge in [0.1, 0.15) is 23.1 Å². The van der Waals surface area contributed by atoms with Crippen LogP contribution in [0.5, 0.6) is 5.75 Å². The predicted molar refractivity (Wildman–Crippen MR) is 134 cm³/mol. The summed E-state index contributed by atoms with van der Waals surface area (Å²) < 4.78 is 12.6. The van der Waals surface area contributed by atoms with Gasteiger partial charge in [0, 0.05) is 16.5 Å². The number of carbonyl (C=O) groups excluding carboxylic acids is 1. The Kier molecular flexibility index (Phi) is 6.64. The first kappa shape index (κ1) is 24.6. The molecule has 1 aliphatic carbocycles. The Balaban J connectivity index is 0.00000267. The number of furan rings is 1. The number of aromatic carboxylic acids is 1. The molecule has 2 heterocycles. The maximum Gasteiger partial charge on any atom is 1.00 e. The summed E-state index contributed by atoms with van der Waals surface area (Å²) in [6, 6.07) is 21.3. The van der Waals surface area contributed by atoms with Gasteiger partial charge in [-0.1, -0.05) is 48.5 Å². The number of benzene rings is 3. The molecule has 0 bridgehead atoms. The van der Waals surface area contributed by atoms with E-state index in [1.54, 1.807) is 6.07 Å². The van der Waals surface area contributed by atoms with Crippen molar-refractivity contribution < 1.29 is 48.6 Å². The van der Waals surface area contributed by atoms with Gasteiger partial charge in [0.15, 0.2) is 5.76 Å². The Bertz CT molecular complexity index is 1620. The van der Waals surface area contributed by atoms with Crippen molar-refractivity contribution in [1.82, 2.24) is 4.98 Å². The summed E-state index contributed by atoms with van der Waals surface area (Å²) in [7, 11) is 0. The summed E-state index contributed by atoms with van der Waals surface area (Å²) in [6.07, 6.45) is 2.78. The summed E-state index contributed by atoms with van der Waals surface area (Å²) in [5, 5.41) is 13.8. The van der Waals surface area contributed by atoms with Crippen LogP contribution in [0.15, 0.2) is 71.1 Å². The second kappa shape index (κ2) is 9.74. The number of carbonyl (C=O) groups is 1. The molecule has 174 valence electrons. The standard InChI is InChI=1S/C30H25NO4.Na/c1-17-14-15-26(34-25-13-7-9-19-8-3-4-11-21(19)25)27-22(30(32)33)16-23(31-28(17)27)29-18(2)20-10-5-6-12-24(20)35-29;/h3-6,8,10-12,14-16,25H,7,9,13H2,1-2H3,(H,32,33);/q;+1/p-1/t25-;/m1./s1. The van der Waals surface area contributed by atoms with Gasteiger partial charge >= 0.3 is 29.6 Å². The SMILES string of the molecule is Cc1c(-c2cc(C(=O)[O-])c3c(O[C@@H]4CCCc5ccccc54)ccc(C)c3n2)oc2ccccc12.[Na+]. The van der Waals surface area contributed by atoms with Gasteiger partial charge in [-0.25, -0.2) is 4.98 Å². The maximum absolute atomic E-state index is 12.4. The minimum Gasteiger partial charge on any atom is -0.545 e. The Morgan fingerprint density at radius 3 is 2.64 bits per heavy atom. The molecule has 0 saturated heterocycles. The maximum atomic E-state index is 12.4. The number of ether oxygens (including phenoxy) is 1. The molecule has 0 unspecified atom stereocenters. The fourth-order valence-electron chi connectivity index (χ4n) is 5.22. The van der Waals surface area contributed by atoms with E-state index in [0.717, 1.165) is 46.9 Å². The van der Waals surface area contributed by atoms with Crippen LogP contribution in [-0.4, -0.2) is 11.0 Å². The van der Waals surface area contributed by atoms with E-state index in [0.29, 0.717) is 28.1 Å². The molecule has 0 radical (unpaired) electrons. The number of fused-ring (bicyclic) bond motifs is 3. The molecule has 6 heteroatoms. The summed E-state index contributed by atoms with van der Waals surface area (Å²) in [4.78, 5) is 17.3. The first-order valence-electron chi connectivity index (χ1n) is 11.9. The van der Waals surface area contributed by atoms with Crippen molar-refractivity contribution in [3.63, 3.8) is 0 Å². The number of carboxylic acid groups (broad SMARTS) is 1. The largest absolute Gasteiger partial charge is 1.00 e. The molecule has 3 aromatic carbocycles. The third kappa shape index (κ3) is 4.11. The number of nitrogens with zero attached hydrogens (tertiary/aromatic N) is 1. The molecule has 36 heavy (non-hydrogen) atoms. The van der Waals surface area contributed by atoms with E-state index in [-0.39, 0.29) is 41.2 Å². The molecule has 5 nitrogen and oxygen atoms in total. The monoisotopic (exact) mass is 485 g/mol. The number of hydrogen-bond donors (Lipinski definition) is 0. The average molecular weight is 486 g/mol. The average Bonchev–Trinajstić information content (AvgIpc) is 3.22. The normalized spacial score (nSPS) is 14.9. The smallest absolute Gasteiger partial charge is 0.545 e. The number of rotatable bonds is 4. The Hall–Kier alpha value is -3.12. The van der Waals surface area contributed by atoms with E-state index in [4.69, 9.17) is 14.1 Å². The van der Waals surface area contributed by atoms with E-state index in [2.05, 4.69) is 12.1 Å². The van der Waals surface area contributed by atoms with Gasteiger partial charge in [-0.05, 0) is 68.0 Å². The van der Waals surface area contributed by atoms with E-state index in [1.807, 2.05) is 62.4 Å². The molecule has 2 aromatic heterocycles. The number of aryl methyl sites for hydroxylation is 3. The molecule has 0 aliphatic heterocycles. The molecule has 0 fully saturated rings. The third-order valence-corrected chi connectivity index (χ3v) is 7.00. The molecule has 6 rings (SSSR count). The second-order valence-corrected chi connectivity index (χ2v) is 9.20. The molecular formula is C30H24NNaO4. The van der Waals surface area contributed by atoms with Crippen LogP contribution in [0.2, 0.25) is 0 Å². The molecular weight excluding hydrogens is 461 g/mol. The third-order valence-electron chi connectivity index (χ3n) is 7.00. The van der Waals surface area contributed by atoms with Crippen molar-refractivity contribution >= 4 is 27.8 Å². The predicted octanol–water partition coefficient (Wildman–Crippen LogP) is 3.09. The van der Waals surface area contributed by atoms with Crippen LogP contribution in [0, 0.1) is 13.8 Å². The van der Waals surface area contributed by atoms with E-state index < -0.39 is 5.97 Å². The molecule has 1 atom stereocenters. The van der Waals surface area contributed by atoms with Crippen molar-refractivity contribution in [3.8, 4) is 17.2 Å². The van der Waals surface area contributed by atoms with Crippen LogP contribution < -0.4 is 39.4 Å². The van der Waals surface area contributed by atoms with E-state index >= 15 is 0 Å². The summed E-state index contributed by atoms with van der Waals surface area (Å²) in [5.41, 5.74) is 6.03. The molecule has 0 N–H and O–H groups in total. The quantitative estimate of drug-likeness (QED) is 0.366. The van der Waals surface area contributed by atoms with Gasteiger partial charge in [-0.3, -0.25) is 0 Å². The zero-order chi connectivity index (χ0) is 24.1. The number of hydrogen-bond acceptors (Lipinski definition) is 5. The van der Waals surface area contributed by atoms with Crippen LogP contribution in [-0.2, 0) is 6.42 Å². The van der Waals surface area contributed by atoms with Crippen LogP contribution in [0.4, 0.5) is 0 Å². The Labute approximate surface area is 231 Å². The van der Waals surface area contributed by atoms with Crippen molar-refractivity contribution in [3.05, 3.63) is 94.5 Å². The van der Waals surface area contributed by atoms with Gasteiger partial charge in [0.25, 0.3) is 0 Å². The van der Waals surface area contributed by atoms with Crippen molar-refractivity contribution in [2.24, 2.45) is 0 Å². The van der Waals surface area contributed by atoms with Gasteiger partial charge in [-0.2, -0.15) is 0 Å². The van der Waals surface area contributed by atoms with Gasteiger partial charge in [0.05, 0.1) is 16.9 Å². The minimum atomic E-state index is -1.27. The fraction of sp³-hybridized carbons (Fsp3) is 0.200. The number of carboxylic acids is 1. The first-order chi connectivity index (χ1) is 17.0.